The fourth-order valence-electron chi connectivity index (χ4n) is 2.36. The van der Waals surface area contributed by atoms with Gasteiger partial charge in [-0.1, -0.05) is 30.2 Å². The van der Waals surface area contributed by atoms with Gasteiger partial charge in [0.1, 0.15) is 0 Å². The van der Waals surface area contributed by atoms with Crippen LogP contribution in [-0.4, -0.2) is 12.3 Å². The van der Waals surface area contributed by atoms with Crippen LogP contribution in [0.4, 0.5) is 5.69 Å². The number of anilines is 1. The second-order valence-electron chi connectivity index (χ2n) is 4.65. The quantitative estimate of drug-likeness (QED) is 0.843. The normalized spacial score (nSPS) is 16.7. The van der Waals surface area contributed by atoms with Crippen LogP contribution in [0.2, 0.25) is 0 Å². The Morgan fingerprint density at radius 2 is 2.11 bits per heavy atom. The monoisotopic (exact) mass is 265 g/mol. The highest BCUT2D eigenvalue weighted by Crippen LogP contribution is 2.39. The third-order valence-corrected chi connectivity index (χ3v) is 4.63. The summed E-state index contributed by atoms with van der Waals surface area (Å²) < 4.78 is 0. The van der Waals surface area contributed by atoms with E-state index in [2.05, 4.69) is 41.6 Å². The first-order valence-corrected chi connectivity index (χ1v) is 7.37. The highest BCUT2D eigenvalue weighted by molar-refractivity contribution is 7.99. The molecule has 1 unspecified atom stereocenters. The van der Waals surface area contributed by atoms with Gasteiger partial charge in [-0.05, 0) is 29.8 Å². The summed E-state index contributed by atoms with van der Waals surface area (Å²) in [5.41, 5.74) is 3.49. The first-order chi connectivity index (χ1) is 9.36. The van der Waals surface area contributed by atoms with E-state index in [0.29, 0.717) is 5.92 Å². The van der Waals surface area contributed by atoms with Gasteiger partial charge in [-0.15, -0.1) is 18.2 Å². The van der Waals surface area contributed by atoms with Crippen molar-refractivity contribution in [1.82, 2.24) is 0 Å². The fraction of sp³-hybridized carbons (Fsp3) is 0.176. The van der Waals surface area contributed by atoms with Crippen molar-refractivity contribution in [2.24, 2.45) is 0 Å². The molecule has 1 aliphatic heterocycles. The Hall–Kier alpha value is -1.85. The average molecular weight is 265 g/mol. The SMILES string of the molecule is C#Cc1cccc(NCC2CSc3ccccc32)c1. The van der Waals surface area contributed by atoms with Crippen LogP contribution >= 0.6 is 11.8 Å². The lowest BCUT2D eigenvalue weighted by Crippen LogP contribution is -2.12. The molecule has 0 amide bonds. The van der Waals surface area contributed by atoms with Crippen molar-refractivity contribution in [1.29, 1.82) is 0 Å². The molecule has 1 aliphatic rings. The molecule has 2 heteroatoms. The maximum absolute atomic E-state index is 5.42. The molecule has 1 N–H and O–H groups in total. The minimum Gasteiger partial charge on any atom is -0.384 e. The number of rotatable bonds is 3. The molecule has 3 rings (SSSR count). The molecule has 19 heavy (non-hydrogen) atoms. The Labute approximate surface area is 118 Å². The van der Waals surface area contributed by atoms with Gasteiger partial charge in [0.25, 0.3) is 0 Å². The summed E-state index contributed by atoms with van der Waals surface area (Å²) in [5.74, 6) is 4.40. The first-order valence-electron chi connectivity index (χ1n) is 6.39. The van der Waals surface area contributed by atoms with Crippen LogP contribution in [0.25, 0.3) is 0 Å². The molecule has 1 atom stereocenters. The Morgan fingerprint density at radius 1 is 1.21 bits per heavy atom. The molecule has 0 spiro atoms. The number of hydrogen-bond donors (Lipinski definition) is 1. The van der Waals surface area contributed by atoms with Crippen LogP contribution in [0, 0.1) is 12.3 Å². The number of nitrogens with one attached hydrogen (secondary N) is 1. The molecule has 0 aromatic heterocycles. The Balaban J connectivity index is 1.69. The topological polar surface area (TPSA) is 12.0 Å². The van der Waals surface area contributed by atoms with E-state index in [1.165, 1.54) is 10.5 Å². The van der Waals surface area contributed by atoms with E-state index in [1.807, 2.05) is 30.0 Å². The smallest absolute Gasteiger partial charge is 0.0352 e. The van der Waals surface area contributed by atoms with E-state index in [1.54, 1.807) is 0 Å². The van der Waals surface area contributed by atoms with Gasteiger partial charge < -0.3 is 5.32 Å². The van der Waals surface area contributed by atoms with Gasteiger partial charge in [0.05, 0.1) is 0 Å². The summed E-state index contributed by atoms with van der Waals surface area (Å²) >= 11 is 1.95. The summed E-state index contributed by atoms with van der Waals surface area (Å²) in [6, 6.07) is 16.7. The molecule has 2 aromatic carbocycles. The van der Waals surface area contributed by atoms with E-state index in [-0.39, 0.29) is 0 Å². The number of terminal acetylenes is 1. The molecule has 94 valence electrons. The standard InChI is InChI=1S/C17H15NS/c1-2-13-6-5-7-15(10-13)18-11-14-12-19-17-9-4-3-8-16(14)17/h1,3-10,14,18H,11-12H2. The molecular formula is C17H15NS. The zero-order chi connectivity index (χ0) is 13.1. The second kappa shape index (κ2) is 5.42. The van der Waals surface area contributed by atoms with E-state index in [0.717, 1.165) is 23.5 Å². The number of benzene rings is 2. The number of fused-ring (bicyclic) bond motifs is 1. The van der Waals surface area contributed by atoms with Crippen molar-refractivity contribution in [2.45, 2.75) is 10.8 Å². The number of hydrogen-bond acceptors (Lipinski definition) is 2. The highest BCUT2D eigenvalue weighted by Gasteiger charge is 2.22. The summed E-state index contributed by atoms with van der Waals surface area (Å²) in [4.78, 5) is 1.42. The maximum atomic E-state index is 5.42. The number of thioether (sulfide) groups is 1. The molecule has 2 aromatic rings. The summed E-state index contributed by atoms with van der Waals surface area (Å²) in [6.45, 7) is 0.956. The second-order valence-corrected chi connectivity index (χ2v) is 5.71. The summed E-state index contributed by atoms with van der Waals surface area (Å²) in [6.07, 6.45) is 5.42. The van der Waals surface area contributed by atoms with Crippen molar-refractivity contribution in [3.8, 4) is 12.3 Å². The first kappa shape index (κ1) is 12.2. The van der Waals surface area contributed by atoms with Gasteiger partial charge in [0.15, 0.2) is 0 Å². The lowest BCUT2D eigenvalue weighted by atomic mass is 10.0. The van der Waals surface area contributed by atoms with E-state index in [4.69, 9.17) is 6.42 Å². The van der Waals surface area contributed by atoms with E-state index < -0.39 is 0 Å². The molecule has 1 heterocycles. The maximum Gasteiger partial charge on any atom is 0.0352 e. The van der Waals surface area contributed by atoms with Crippen molar-refractivity contribution in [3.63, 3.8) is 0 Å². The van der Waals surface area contributed by atoms with Gasteiger partial charge in [0, 0.05) is 34.4 Å². The van der Waals surface area contributed by atoms with Crippen molar-refractivity contribution in [3.05, 3.63) is 59.7 Å². The average Bonchev–Trinajstić information content (AvgIpc) is 2.89. The van der Waals surface area contributed by atoms with Crippen LogP contribution in [0.3, 0.4) is 0 Å². The van der Waals surface area contributed by atoms with Crippen molar-refractivity contribution >= 4 is 17.4 Å². The predicted octanol–water partition coefficient (Wildman–Crippen LogP) is 3.97. The van der Waals surface area contributed by atoms with E-state index in [9.17, 15) is 0 Å². The van der Waals surface area contributed by atoms with Crippen LogP contribution in [0.5, 0.6) is 0 Å². The predicted molar refractivity (Wildman–Crippen MR) is 82.8 cm³/mol. The highest BCUT2D eigenvalue weighted by atomic mass is 32.2. The van der Waals surface area contributed by atoms with Gasteiger partial charge in [-0.2, -0.15) is 0 Å². The van der Waals surface area contributed by atoms with Crippen molar-refractivity contribution < 1.29 is 0 Å². The minimum atomic E-state index is 0.579. The van der Waals surface area contributed by atoms with Gasteiger partial charge in [0.2, 0.25) is 0 Å². The van der Waals surface area contributed by atoms with Gasteiger partial charge in [-0.3, -0.25) is 0 Å². The largest absolute Gasteiger partial charge is 0.384 e. The molecule has 0 fully saturated rings. The Bertz CT molecular complexity index is 627. The van der Waals surface area contributed by atoms with Gasteiger partial charge >= 0.3 is 0 Å². The molecule has 0 aliphatic carbocycles. The zero-order valence-corrected chi connectivity index (χ0v) is 11.4. The fourth-order valence-corrected chi connectivity index (χ4v) is 3.61. The third-order valence-electron chi connectivity index (χ3n) is 3.38. The van der Waals surface area contributed by atoms with Crippen LogP contribution in [0.1, 0.15) is 17.0 Å². The lowest BCUT2D eigenvalue weighted by Gasteiger charge is -2.13. The molecular weight excluding hydrogens is 250 g/mol. The summed E-state index contributed by atoms with van der Waals surface area (Å²) in [5, 5.41) is 3.49. The summed E-state index contributed by atoms with van der Waals surface area (Å²) in [7, 11) is 0. The van der Waals surface area contributed by atoms with Crippen LogP contribution in [0.15, 0.2) is 53.4 Å². The lowest BCUT2D eigenvalue weighted by molar-refractivity contribution is 0.819. The molecule has 0 bridgehead atoms. The molecule has 0 saturated heterocycles. The Morgan fingerprint density at radius 3 is 3.00 bits per heavy atom. The van der Waals surface area contributed by atoms with Crippen molar-refractivity contribution in [2.75, 3.05) is 17.6 Å². The molecule has 0 saturated carbocycles. The van der Waals surface area contributed by atoms with Crippen LogP contribution < -0.4 is 5.32 Å². The molecule has 1 nitrogen and oxygen atoms in total. The van der Waals surface area contributed by atoms with Crippen LogP contribution in [-0.2, 0) is 0 Å². The third kappa shape index (κ3) is 2.62. The van der Waals surface area contributed by atoms with E-state index >= 15 is 0 Å². The minimum absolute atomic E-state index is 0.579. The molecule has 0 radical (unpaired) electrons. The van der Waals surface area contributed by atoms with Gasteiger partial charge in [-0.25, -0.2) is 0 Å². The Kier molecular flexibility index (Phi) is 3.48. The zero-order valence-electron chi connectivity index (χ0n) is 10.6.